The van der Waals surface area contributed by atoms with Gasteiger partial charge in [0.15, 0.2) is 0 Å². The lowest BCUT2D eigenvalue weighted by Crippen LogP contribution is -2.21. The minimum Gasteiger partial charge on any atom is -0.369 e. The van der Waals surface area contributed by atoms with Crippen molar-refractivity contribution < 1.29 is 0 Å². The van der Waals surface area contributed by atoms with E-state index >= 15 is 0 Å². The molecule has 0 amide bonds. The second kappa shape index (κ2) is 7.56. The molecule has 0 atom stereocenters. The molecule has 1 aromatic carbocycles. The van der Waals surface area contributed by atoms with Crippen LogP contribution in [0.25, 0.3) is 0 Å². The number of nitrogens with one attached hydrogen (secondary N) is 2. The van der Waals surface area contributed by atoms with Crippen LogP contribution >= 0.6 is 15.9 Å². The van der Waals surface area contributed by atoms with E-state index < -0.39 is 0 Å². The molecular weight excluding hydrogens is 342 g/mol. The van der Waals surface area contributed by atoms with Crippen molar-refractivity contribution in [1.29, 1.82) is 0 Å². The molecule has 0 aliphatic rings. The van der Waals surface area contributed by atoms with Crippen molar-refractivity contribution in [1.82, 2.24) is 14.9 Å². The van der Waals surface area contributed by atoms with E-state index in [2.05, 4.69) is 68.5 Å². The highest BCUT2D eigenvalue weighted by Gasteiger charge is 2.05. The number of anilines is 3. The standard InChI is InChI=1S/C16H22BrN5/c1-11-9-13(17)5-6-14(11)21-16-10-15(19-12(2)20-16)18-7-8-22(3)4/h5-6,9-10H,7-8H2,1-4H3,(H2,18,19,20,21). The third-order valence-electron chi connectivity index (χ3n) is 3.15. The summed E-state index contributed by atoms with van der Waals surface area (Å²) in [7, 11) is 4.10. The van der Waals surface area contributed by atoms with Gasteiger partial charge in [0.2, 0.25) is 0 Å². The third-order valence-corrected chi connectivity index (χ3v) is 3.65. The molecule has 0 bridgehead atoms. The van der Waals surface area contributed by atoms with Gasteiger partial charge < -0.3 is 15.5 Å². The summed E-state index contributed by atoms with van der Waals surface area (Å²) in [5, 5.41) is 6.68. The maximum absolute atomic E-state index is 4.45. The SMILES string of the molecule is Cc1nc(NCCN(C)C)cc(Nc2ccc(Br)cc2C)n1. The van der Waals surface area contributed by atoms with Crippen LogP contribution in [0.4, 0.5) is 17.3 Å². The molecule has 118 valence electrons. The number of aromatic nitrogens is 2. The summed E-state index contributed by atoms with van der Waals surface area (Å²) in [6.45, 7) is 5.77. The summed E-state index contributed by atoms with van der Waals surface area (Å²) in [5.41, 5.74) is 2.20. The van der Waals surface area contributed by atoms with Gasteiger partial charge in [0, 0.05) is 29.3 Å². The van der Waals surface area contributed by atoms with Gasteiger partial charge in [-0.2, -0.15) is 0 Å². The maximum atomic E-state index is 4.45. The van der Waals surface area contributed by atoms with Gasteiger partial charge in [0.25, 0.3) is 0 Å². The van der Waals surface area contributed by atoms with E-state index in [1.165, 1.54) is 0 Å². The van der Waals surface area contributed by atoms with E-state index in [1.54, 1.807) is 0 Å². The summed E-state index contributed by atoms with van der Waals surface area (Å²) in [6.07, 6.45) is 0. The van der Waals surface area contributed by atoms with E-state index in [4.69, 9.17) is 0 Å². The van der Waals surface area contributed by atoms with Gasteiger partial charge in [-0.25, -0.2) is 9.97 Å². The van der Waals surface area contributed by atoms with Crippen molar-refractivity contribution >= 4 is 33.3 Å². The van der Waals surface area contributed by atoms with Gasteiger partial charge in [-0.05, 0) is 51.7 Å². The van der Waals surface area contributed by atoms with Gasteiger partial charge in [-0.15, -0.1) is 0 Å². The summed E-state index contributed by atoms with van der Waals surface area (Å²) < 4.78 is 1.07. The smallest absolute Gasteiger partial charge is 0.136 e. The molecule has 0 saturated heterocycles. The molecule has 0 fully saturated rings. The Labute approximate surface area is 140 Å². The molecule has 1 heterocycles. The minimum atomic E-state index is 0.743. The zero-order valence-corrected chi connectivity index (χ0v) is 15.0. The van der Waals surface area contributed by atoms with Gasteiger partial charge >= 0.3 is 0 Å². The van der Waals surface area contributed by atoms with E-state index in [-0.39, 0.29) is 0 Å². The predicted octanol–water partition coefficient (Wildman–Crippen LogP) is 3.57. The van der Waals surface area contributed by atoms with Crippen LogP contribution in [-0.2, 0) is 0 Å². The average molecular weight is 364 g/mol. The Morgan fingerprint density at radius 2 is 1.82 bits per heavy atom. The lowest BCUT2D eigenvalue weighted by molar-refractivity contribution is 0.425. The Morgan fingerprint density at radius 1 is 1.09 bits per heavy atom. The molecule has 0 radical (unpaired) electrons. The van der Waals surface area contributed by atoms with Crippen LogP contribution < -0.4 is 10.6 Å². The van der Waals surface area contributed by atoms with E-state index in [1.807, 2.05) is 25.1 Å². The highest BCUT2D eigenvalue weighted by atomic mass is 79.9. The summed E-state index contributed by atoms with van der Waals surface area (Å²) in [6, 6.07) is 8.06. The molecule has 2 N–H and O–H groups in total. The Balaban J connectivity index is 2.12. The first kappa shape index (κ1) is 16.7. The Hall–Kier alpha value is -1.66. The molecule has 22 heavy (non-hydrogen) atoms. The fraction of sp³-hybridized carbons (Fsp3) is 0.375. The van der Waals surface area contributed by atoms with Crippen LogP contribution in [0.1, 0.15) is 11.4 Å². The summed E-state index contributed by atoms with van der Waals surface area (Å²) >= 11 is 3.48. The molecule has 0 unspecified atom stereocenters. The topological polar surface area (TPSA) is 53.1 Å². The van der Waals surface area contributed by atoms with E-state index in [9.17, 15) is 0 Å². The molecule has 0 aliphatic heterocycles. The van der Waals surface area contributed by atoms with Crippen molar-refractivity contribution in [2.75, 3.05) is 37.8 Å². The van der Waals surface area contributed by atoms with Crippen molar-refractivity contribution in [3.63, 3.8) is 0 Å². The summed E-state index contributed by atoms with van der Waals surface area (Å²) in [5.74, 6) is 2.38. The van der Waals surface area contributed by atoms with Gasteiger partial charge in [-0.3, -0.25) is 0 Å². The molecular formula is C16H22BrN5. The second-order valence-electron chi connectivity index (χ2n) is 5.50. The quantitative estimate of drug-likeness (QED) is 0.821. The first-order valence-corrected chi connectivity index (χ1v) is 8.01. The molecule has 6 heteroatoms. The fourth-order valence-electron chi connectivity index (χ4n) is 2.04. The number of hydrogen-bond acceptors (Lipinski definition) is 5. The lowest BCUT2D eigenvalue weighted by atomic mass is 10.2. The van der Waals surface area contributed by atoms with Crippen LogP contribution in [0.15, 0.2) is 28.7 Å². The number of halogens is 1. The van der Waals surface area contributed by atoms with Gasteiger partial charge in [0.05, 0.1) is 0 Å². The largest absolute Gasteiger partial charge is 0.369 e. The average Bonchev–Trinajstić information content (AvgIpc) is 2.41. The van der Waals surface area contributed by atoms with Crippen LogP contribution in [0.5, 0.6) is 0 Å². The molecule has 2 aromatic rings. The highest BCUT2D eigenvalue weighted by molar-refractivity contribution is 9.10. The molecule has 0 spiro atoms. The van der Waals surface area contributed by atoms with Crippen molar-refractivity contribution in [2.45, 2.75) is 13.8 Å². The predicted molar refractivity (Wildman–Crippen MR) is 96.0 cm³/mol. The second-order valence-corrected chi connectivity index (χ2v) is 6.42. The number of aryl methyl sites for hydroxylation is 2. The molecule has 5 nitrogen and oxygen atoms in total. The Bertz CT molecular complexity index is 642. The first-order chi connectivity index (χ1) is 10.4. The van der Waals surface area contributed by atoms with Gasteiger partial charge in [-0.1, -0.05) is 15.9 Å². The first-order valence-electron chi connectivity index (χ1n) is 7.21. The maximum Gasteiger partial charge on any atom is 0.136 e. The van der Waals surface area contributed by atoms with Crippen LogP contribution in [0.3, 0.4) is 0 Å². The normalized spacial score (nSPS) is 10.8. The number of nitrogens with zero attached hydrogens (tertiary/aromatic N) is 3. The third kappa shape index (κ3) is 4.96. The van der Waals surface area contributed by atoms with E-state index in [0.717, 1.165) is 46.3 Å². The molecule has 1 aromatic heterocycles. The number of likely N-dealkylation sites (N-methyl/N-ethyl adjacent to an activating group) is 1. The van der Waals surface area contributed by atoms with Crippen LogP contribution in [-0.4, -0.2) is 42.1 Å². The lowest BCUT2D eigenvalue weighted by Gasteiger charge is -2.13. The summed E-state index contributed by atoms with van der Waals surface area (Å²) in [4.78, 5) is 11.0. The molecule has 0 saturated carbocycles. The monoisotopic (exact) mass is 363 g/mol. The Kier molecular flexibility index (Phi) is 5.74. The van der Waals surface area contributed by atoms with Crippen LogP contribution in [0, 0.1) is 13.8 Å². The van der Waals surface area contributed by atoms with Crippen LogP contribution in [0.2, 0.25) is 0 Å². The minimum absolute atomic E-state index is 0.743. The fourth-order valence-corrected chi connectivity index (χ4v) is 2.51. The zero-order chi connectivity index (χ0) is 16.1. The molecule has 0 aliphatic carbocycles. The van der Waals surface area contributed by atoms with Crippen molar-refractivity contribution in [2.24, 2.45) is 0 Å². The molecule has 2 rings (SSSR count). The highest BCUT2D eigenvalue weighted by Crippen LogP contribution is 2.23. The van der Waals surface area contributed by atoms with E-state index in [0.29, 0.717) is 0 Å². The Morgan fingerprint density at radius 3 is 2.50 bits per heavy atom. The number of benzene rings is 1. The van der Waals surface area contributed by atoms with Crippen molar-refractivity contribution in [3.05, 3.63) is 40.1 Å². The zero-order valence-electron chi connectivity index (χ0n) is 13.4. The van der Waals surface area contributed by atoms with Gasteiger partial charge in [0.1, 0.15) is 17.5 Å². The number of hydrogen-bond donors (Lipinski definition) is 2. The number of rotatable bonds is 6. The van der Waals surface area contributed by atoms with Crippen molar-refractivity contribution in [3.8, 4) is 0 Å².